The monoisotopic (exact) mass is 357 g/mol. The molecule has 138 valence electrons. The Labute approximate surface area is 152 Å². The summed E-state index contributed by atoms with van der Waals surface area (Å²) in [6.07, 6.45) is 0.417. The van der Waals surface area contributed by atoms with E-state index in [0.29, 0.717) is 19.4 Å². The van der Waals surface area contributed by atoms with Crippen molar-refractivity contribution >= 4 is 5.97 Å². The molecule has 4 unspecified atom stereocenters. The fourth-order valence-electron chi connectivity index (χ4n) is 3.44. The van der Waals surface area contributed by atoms with Gasteiger partial charge in [0.25, 0.3) is 0 Å². The van der Waals surface area contributed by atoms with E-state index in [2.05, 4.69) is 17.3 Å². The third-order valence-corrected chi connectivity index (χ3v) is 4.87. The van der Waals surface area contributed by atoms with Crippen molar-refractivity contribution in [2.75, 3.05) is 6.61 Å². The van der Waals surface area contributed by atoms with Gasteiger partial charge in [-0.2, -0.15) is 0 Å². The zero-order chi connectivity index (χ0) is 18.5. The van der Waals surface area contributed by atoms with Crippen molar-refractivity contribution in [1.29, 1.82) is 0 Å². The minimum atomic E-state index is -0.855. The number of carboxylic acids is 1. The average molecular weight is 357 g/mol. The van der Waals surface area contributed by atoms with Crippen molar-refractivity contribution in [2.24, 2.45) is 11.8 Å². The molecule has 26 heavy (non-hydrogen) atoms. The van der Waals surface area contributed by atoms with Crippen molar-refractivity contribution in [3.05, 3.63) is 47.2 Å². The number of allylic oxidation sites excluding steroid dienone is 1. The molecule has 0 aliphatic heterocycles. The lowest BCUT2D eigenvalue weighted by Gasteiger charge is -2.30. The summed E-state index contributed by atoms with van der Waals surface area (Å²) in [7, 11) is 0. The number of rotatable bonds is 7. The lowest BCUT2D eigenvalue weighted by molar-refractivity contribution is -0.137. The first-order valence-corrected chi connectivity index (χ1v) is 8.80. The topological polar surface area (TPSA) is 99.0 Å². The normalized spacial score (nSPS) is 24.9. The maximum Gasteiger partial charge on any atom is 0.303 e. The first kappa shape index (κ1) is 18.5. The molecule has 0 saturated heterocycles. The highest BCUT2D eigenvalue weighted by molar-refractivity contribution is 5.66. The van der Waals surface area contributed by atoms with E-state index in [1.165, 1.54) is 0 Å². The van der Waals surface area contributed by atoms with Crippen LogP contribution in [0, 0.1) is 23.7 Å². The van der Waals surface area contributed by atoms with Crippen LogP contribution in [0.4, 0.5) is 0 Å². The van der Waals surface area contributed by atoms with Crippen molar-refractivity contribution in [1.82, 2.24) is 5.48 Å². The van der Waals surface area contributed by atoms with E-state index in [1.54, 1.807) is 0 Å². The molecule has 1 fully saturated rings. The van der Waals surface area contributed by atoms with E-state index < -0.39 is 18.2 Å². The fourth-order valence-corrected chi connectivity index (χ4v) is 3.44. The highest BCUT2D eigenvalue weighted by Gasteiger charge is 2.45. The van der Waals surface area contributed by atoms with Gasteiger partial charge in [0.1, 0.15) is 6.10 Å². The molecular weight excluding hydrogens is 334 g/mol. The van der Waals surface area contributed by atoms with E-state index in [0.717, 1.165) is 23.3 Å². The highest BCUT2D eigenvalue weighted by Crippen LogP contribution is 2.48. The van der Waals surface area contributed by atoms with Gasteiger partial charge in [0, 0.05) is 18.0 Å². The number of hydrogen-bond donors (Lipinski definition) is 4. The Kier molecular flexibility index (Phi) is 5.94. The molecule has 2 aliphatic rings. The Balaban J connectivity index is 1.53. The Morgan fingerprint density at radius 1 is 1.31 bits per heavy atom. The number of aliphatic hydroxyl groups is 2. The van der Waals surface area contributed by atoms with E-state index in [9.17, 15) is 15.0 Å². The standard InChI is InChI=1S/C20H23NO5/c22-18(13-5-2-1-3-6-13)9-8-14-15-11-17(16(15)12-19(14)23)21-26-10-4-7-20(24)25/h1-3,5-6,14-15,18-19,21-23H,4,7,10-12H2,(H,24,25). The van der Waals surface area contributed by atoms with Crippen LogP contribution < -0.4 is 5.48 Å². The first-order chi connectivity index (χ1) is 12.6. The molecule has 1 saturated carbocycles. The Morgan fingerprint density at radius 2 is 2.08 bits per heavy atom. The zero-order valence-corrected chi connectivity index (χ0v) is 14.4. The number of fused-ring (bicyclic) bond motifs is 1. The second kappa shape index (κ2) is 8.37. The summed E-state index contributed by atoms with van der Waals surface area (Å²) in [6.45, 7) is 0.322. The van der Waals surface area contributed by atoms with Crippen LogP contribution in [0.15, 0.2) is 41.6 Å². The summed E-state index contributed by atoms with van der Waals surface area (Å²) in [5.74, 6) is 5.08. The molecule has 0 aromatic heterocycles. The van der Waals surface area contributed by atoms with Gasteiger partial charge in [0.05, 0.1) is 18.6 Å². The summed E-state index contributed by atoms with van der Waals surface area (Å²) in [4.78, 5) is 15.7. The molecule has 1 aromatic carbocycles. The van der Waals surface area contributed by atoms with Gasteiger partial charge >= 0.3 is 5.97 Å². The predicted octanol–water partition coefficient (Wildman–Crippen LogP) is 1.76. The molecular formula is C20H23NO5. The third-order valence-electron chi connectivity index (χ3n) is 4.87. The first-order valence-electron chi connectivity index (χ1n) is 8.80. The molecule has 0 amide bonds. The molecule has 6 heteroatoms. The minimum absolute atomic E-state index is 0.0797. The Hall–Kier alpha value is -2.33. The fraction of sp³-hybridized carbons (Fsp3) is 0.450. The summed E-state index contributed by atoms with van der Waals surface area (Å²) in [5, 5.41) is 29.0. The number of carbonyl (C=O) groups is 1. The van der Waals surface area contributed by atoms with Crippen molar-refractivity contribution in [3.63, 3.8) is 0 Å². The third kappa shape index (κ3) is 4.25. The van der Waals surface area contributed by atoms with Gasteiger partial charge in [0.2, 0.25) is 0 Å². The van der Waals surface area contributed by atoms with Crippen LogP contribution in [0.25, 0.3) is 0 Å². The van der Waals surface area contributed by atoms with Crippen molar-refractivity contribution < 1.29 is 25.0 Å². The molecule has 4 atom stereocenters. The molecule has 1 aromatic rings. The van der Waals surface area contributed by atoms with Crippen molar-refractivity contribution in [3.8, 4) is 11.8 Å². The van der Waals surface area contributed by atoms with Crippen LogP contribution in [-0.2, 0) is 9.63 Å². The van der Waals surface area contributed by atoms with Gasteiger partial charge in [0.15, 0.2) is 0 Å². The van der Waals surface area contributed by atoms with E-state index in [-0.39, 0.29) is 18.3 Å². The Bertz CT molecular complexity index is 734. The number of hydrogen-bond acceptors (Lipinski definition) is 5. The van der Waals surface area contributed by atoms with Crippen LogP contribution >= 0.6 is 0 Å². The van der Waals surface area contributed by atoms with Crippen molar-refractivity contribution in [2.45, 2.75) is 37.9 Å². The molecule has 0 radical (unpaired) electrons. The largest absolute Gasteiger partial charge is 0.481 e. The quantitative estimate of drug-likeness (QED) is 0.337. The smallest absolute Gasteiger partial charge is 0.303 e. The zero-order valence-electron chi connectivity index (χ0n) is 14.4. The highest BCUT2D eigenvalue weighted by atomic mass is 16.6. The number of aliphatic hydroxyl groups excluding tert-OH is 2. The van der Waals surface area contributed by atoms with Gasteiger partial charge in [-0.1, -0.05) is 42.2 Å². The molecule has 6 nitrogen and oxygen atoms in total. The Morgan fingerprint density at radius 3 is 2.81 bits per heavy atom. The van der Waals surface area contributed by atoms with Crippen LogP contribution in [0.3, 0.4) is 0 Å². The average Bonchev–Trinajstić information content (AvgIpc) is 2.87. The lowest BCUT2D eigenvalue weighted by atomic mass is 9.79. The maximum absolute atomic E-state index is 10.4. The van der Waals surface area contributed by atoms with Gasteiger partial charge in [-0.25, -0.2) is 0 Å². The maximum atomic E-state index is 10.4. The molecule has 0 bridgehead atoms. The minimum Gasteiger partial charge on any atom is -0.481 e. The summed E-state index contributed by atoms with van der Waals surface area (Å²) in [5.41, 5.74) is 5.69. The van der Waals surface area contributed by atoms with Gasteiger partial charge in [-0.15, -0.1) is 0 Å². The van der Waals surface area contributed by atoms with Gasteiger partial charge in [-0.05, 0) is 30.4 Å². The molecule has 0 heterocycles. The van der Waals surface area contributed by atoms with Crippen LogP contribution in [-0.4, -0.2) is 34.0 Å². The number of carboxylic acid groups (broad SMARTS) is 1. The molecule has 2 aliphatic carbocycles. The predicted molar refractivity (Wildman–Crippen MR) is 94.4 cm³/mol. The van der Waals surface area contributed by atoms with Crippen LogP contribution in [0.2, 0.25) is 0 Å². The number of nitrogens with one attached hydrogen (secondary N) is 1. The van der Waals surface area contributed by atoms with Gasteiger partial charge in [-0.3, -0.25) is 15.1 Å². The summed E-state index contributed by atoms with van der Waals surface area (Å²) in [6, 6.07) is 9.23. The number of hydroxylamine groups is 1. The van der Waals surface area contributed by atoms with E-state index in [4.69, 9.17) is 9.94 Å². The second-order valence-electron chi connectivity index (χ2n) is 6.66. The molecule has 4 N–H and O–H groups in total. The number of aliphatic carboxylic acids is 1. The molecule has 0 spiro atoms. The van der Waals surface area contributed by atoms with E-state index >= 15 is 0 Å². The van der Waals surface area contributed by atoms with Crippen LogP contribution in [0.5, 0.6) is 0 Å². The van der Waals surface area contributed by atoms with Gasteiger partial charge < -0.3 is 15.3 Å². The lowest BCUT2D eigenvalue weighted by Crippen LogP contribution is -2.29. The van der Waals surface area contributed by atoms with E-state index in [1.807, 2.05) is 30.3 Å². The SMILES string of the molecule is O=C(O)CCCONC1=C2CC(O)C(C#CC(O)c3ccccc3)C2C1. The second-order valence-corrected chi connectivity index (χ2v) is 6.66. The molecule has 3 rings (SSSR count). The van der Waals surface area contributed by atoms with Crippen LogP contribution in [0.1, 0.15) is 37.4 Å². The number of benzene rings is 1. The summed E-state index contributed by atoms with van der Waals surface area (Å²) < 4.78 is 0. The summed E-state index contributed by atoms with van der Waals surface area (Å²) >= 11 is 0.